The van der Waals surface area contributed by atoms with Gasteiger partial charge in [-0.2, -0.15) is 4.98 Å². The van der Waals surface area contributed by atoms with Gasteiger partial charge < -0.3 is 14.7 Å². The summed E-state index contributed by atoms with van der Waals surface area (Å²) in [4.78, 5) is 44.3. The third-order valence-corrected chi connectivity index (χ3v) is 4.03. The van der Waals surface area contributed by atoms with E-state index in [9.17, 15) is 14.4 Å². The number of aromatic nitrogens is 4. The molecule has 2 aromatic heterocycles. The number of anilines is 1. The summed E-state index contributed by atoms with van der Waals surface area (Å²) in [6.45, 7) is 1.36. The molecule has 3 heterocycles. The van der Waals surface area contributed by atoms with Gasteiger partial charge in [-0.3, -0.25) is 13.9 Å². The highest BCUT2D eigenvalue weighted by atomic mass is 16.2. The quantitative estimate of drug-likeness (QED) is 0.744. The summed E-state index contributed by atoms with van der Waals surface area (Å²) in [5.74, 6) is 0.522. The van der Waals surface area contributed by atoms with Gasteiger partial charge in [-0.15, -0.1) is 0 Å². The second-order valence-corrected chi connectivity index (χ2v) is 5.45. The molecule has 1 atom stereocenters. The van der Waals surface area contributed by atoms with Crippen molar-refractivity contribution in [1.29, 1.82) is 0 Å². The molecule has 1 aliphatic rings. The number of rotatable bonds is 2. The maximum Gasteiger partial charge on any atom is 0.332 e. The zero-order valence-electron chi connectivity index (χ0n) is 12.0. The zero-order chi connectivity index (χ0) is 15.1. The number of fused-ring (bicyclic) bond motifs is 1. The number of nitrogens with one attached hydrogen (secondary N) is 1. The summed E-state index contributed by atoms with van der Waals surface area (Å²) in [6, 6.07) is 0. The van der Waals surface area contributed by atoms with Gasteiger partial charge in [0.15, 0.2) is 11.2 Å². The van der Waals surface area contributed by atoms with E-state index in [2.05, 4.69) is 9.97 Å². The largest absolute Gasteiger partial charge is 0.342 e. The summed E-state index contributed by atoms with van der Waals surface area (Å²) >= 11 is 0. The fourth-order valence-electron chi connectivity index (χ4n) is 2.78. The Bertz CT molecular complexity index is 816. The number of imidazole rings is 1. The highest BCUT2D eigenvalue weighted by molar-refractivity contribution is 5.73. The lowest BCUT2D eigenvalue weighted by Gasteiger charge is -2.29. The lowest BCUT2D eigenvalue weighted by molar-refractivity contribution is -0.111. The van der Waals surface area contributed by atoms with Crippen LogP contribution < -0.4 is 16.1 Å². The van der Waals surface area contributed by atoms with Crippen molar-refractivity contribution < 1.29 is 4.79 Å². The van der Waals surface area contributed by atoms with Gasteiger partial charge >= 0.3 is 5.69 Å². The minimum absolute atomic E-state index is 0.0152. The molecule has 0 amide bonds. The minimum atomic E-state index is -0.407. The number of hydrogen-bond acceptors (Lipinski definition) is 5. The number of aromatic amines is 1. The van der Waals surface area contributed by atoms with Crippen LogP contribution >= 0.6 is 0 Å². The highest BCUT2D eigenvalue weighted by Crippen LogP contribution is 2.20. The summed E-state index contributed by atoms with van der Waals surface area (Å²) < 4.78 is 2.40. The molecule has 0 saturated carbocycles. The van der Waals surface area contributed by atoms with Gasteiger partial charge in [-0.05, 0) is 12.8 Å². The Hall–Kier alpha value is -2.38. The van der Waals surface area contributed by atoms with Gasteiger partial charge in [0, 0.05) is 33.1 Å². The molecule has 1 aliphatic heterocycles. The van der Waals surface area contributed by atoms with Crippen LogP contribution in [0.3, 0.4) is 0 Å². The van der Waals surface area contributed by atoms with E-state index in [1.54, 1.807) is 7.05 Å². The zero-order valence-corrected chi connectivity index (χ0v) is 12.0. The SMILES string of the molecule is Cn1c(=O)c2[nH]c(N3CCCC(C=O)C3)nc2n(C)c1=O. The monoisotopic (exact) mass is 291 g/mol. The first-order valence-corrected chi connectivity index (χ1v) is 6.89. The predicted octanol–water partition coefficient (Wildman–Crippen LogP) is -0.624. The van der Waals surface area contributed by atoms with Crippen molar-refractivity contribution in [2.24, 2.45) is 20.0 Å². The molecule has 0 aliphatic carbocycles. The van der Waals surface area contributed by atoms with Crippen LogP contribution in [-0.4, -0.2) is 38.5 Å². The number of piperidine rings is 1. The Morgan fingerprint density at radius 1 is 1.29 bits per heavy atom. The van der Waals surface area contributed by atoms with E-state index in [1.807, 2.05) is 4.90 Å². The smallest absolute Gasteiger partial charge is 0.332 e. The van der Waals surface area contributed by atoms with Crippen molar-refractivity contribution in [3.63, 3.8) is 0 Å². The molecule has 8 heteroatoms. The van der Waals surface area contributed by atoms with Crippen LogP contribution in [0, 0.1) is 5.92 Å². The van der Waals surface area contributed by atoms with E-state index in [1.165, 1.54) is 11.6 Å². The number of aldehydes is 1. The highest BCUT2D eigenvalue weighted by Gasteiger charge is 2.23. The maximum absolute atomic E-state index is 12.1. The standard InChI is InChI=1S/C13H17N5O3/c1-16-10-9(11(20)17(2)13(16)21)14-12(15-10)18-5-3-4-8(6-18)7-19/h7-8H,3-6H2,1-2H3,(H,14,15). The molecule has 8 nitrogen and oxygen atoms in total. The molecule has 1 N–H and O–H groups in total. The second kappa shape index (κ2) is 4.87. The van der Waals surface area contributed by atoms with E-state index in [-0.39, 0.29) is 5.92 Å². The lowest BCUT2D eigenvalue weighted by Crippen LogP contribution is -2.37. The number of carbonyl (C=O) groups excluding carboxylic acids is 1. The first kappa shape index (κ1) is 13.6. The Balaban J connectivity index is 2.12. The molecule has 0 radical (unpaired) electrons. The Kier molecular flexibility index (Phi) is 3.15. The predicted molar refractivity (Wildman–Crippen MR) is 77.6 cm³/mol. The first-order chi connectivity index (χ1) is 10.0. The van der Waals surface area contributed by atoms with Gasteiger partial charge in [0.1, 0.15) is 6.29 Å². The number of H-pyrrole nitrogens is 1. The molecular weight excluding hydrogens is 274 g/mol. The lowest BCUT2D eigenvalue weighted by atomic mass is 10.0. The first-order valence-electron chi connectivity index (χ1n) is 6.89. The van der Waals surface area contributed by atoms with Crippen molar-refractivity contribution >= 4 is 23.4 Å². The van der Waals surface area contributed by atoms with Crippen molar-refractivity contribution in [3.8, 4) is 0 Å². The van der Waals surface area contributed by atoms with Crippen LogP contribution in [0.15, 0.2) is 9.59 Å². The van der Waals surface area contributed by atoms with E-state index < -0.39 is 11.2 Å². The maximum atomic E-state index is 12.1. The van der Waals surface area contributed by atoms with Crippen molar-refractivity contribution in [2.45, 2.75) is 12.8 Å². The molecule has 0 bridgehead atoms. The summed E-state index contributed by atoms with van der Waals surface area (Å²) in [5.41, 5.74) is -0.153. The van der Waals surface area contributed by atoms with Crippen LogP contribution in [0.25, 0.3) is 11.2 Å². The molecule has 1 saturated heterocycles. The molecule has 0 aromatic carbocycles. The second-order valence-electron chi connectivity index (χ2n) is 5.45. The Morgan fingerprint density at radius 3 is 2.76 bits per heavy atom. The molecule has 3 rings (SSSR count). The van der Waals surface area contributed by atoms with Gasteiger partial charge in [-0.1, -0.05) is 0 Å². The van der Waals surface area contributed by atoms with E-state index in [4.69, 9.17) is 0 Å². The van der Waals surface area contributed by atoms with E-state index in [0.717, 1.165) is 30.2 Å². The molecule has 0 spiro atoms. The summed E-state index contributed by atoms with van der Waals surface area (Å²) in [5, 5.41) is 0. The molecule has 2 aromatic rings. The Morgan fingerprint density at radius 2 is 2.05 bits per heavy atom. The van der Waals surface area contributed by atoms with Crippen LogP contribution in [0.2, 0.25) is 0 Å². The third-order valence-electron chi connectivity index (χ3n) is 4.03. The van der Waals surface area contributed by atoms with E-state index in [0.29, 0.717) is 23.7 Å². The number of carbonyl (C=O) groups is 1. The topological polar surface area (TPSA) is 93.0 Å². The number of nitrogens with zero attached hydrogens (tertiary/aromatic N) is 4. The van der Waals surface area contributed by atoms with Crippen molar-refractivity contribution in [3.05, 3.63) is 20.8 Å². The molecule has 21 heavy (non-hydrogen) atoms. The average Bonchev–Trinajstić information content (AvgIpc) is 2.96. The molecular formula is C13H17N5O3. The van der Waals surface area contributed by atoms with Gasteiger partial charge in [0.05, 0.1) is 0 Å². The normalized spacial score (nSPS) is 19.1. The van der Waals surface area contributed by atoms with Gasteiger partial charge in [-0.25, -0.2) is 4.79 Å². The van der Waals surface area contributed by atoms with Crippen LogP contribution in [0.1, 0.15) is 12.8 Å². The minimum Gasteiger partial charge on any atom is -0.342 e. The van der Waals surface area contributed by atoms with Gasteiger partial charge in [0.25, 0.3) is 5.56 Å². The number of aryl methyl sites for hydroxylation is 1. The number of hydrogen-bond donors (Lipinski definition) is 1. The van der Waals surface area contributed by atoms with Crippen LogP contribution in [-0.2, 0) is 18.9 Å². The average molecular weight is 291 g/mol. The molecule has 112 valence electrons. The van der Waals surface area contributed by atoms with Crippen LogP contribution in [0.4, 0.5) is 5.95 Å². The fourth-order valence-corrected chi connectivity index (χ4v) is 2.78. The van der Waals surface area contributed by atoms with E-state index >= 15 is 0 Å². The molecule has 1 unspecified atom stereocenters. The third kappa shape index (κ3) is 2.07. The molecule has 1 fully saturated rings. The van der Waals surface area contributed by atoms with Gasteiger partial charge in [0.2, 0.25) is 5.95 Å². The van der Waals surface area contributed by atoms with Crippen molar-refractivity contribution in [2.75, 3.05) is 18.0 Å². The Labute approximate surface area is 120 Å². The van der Waals surface area contributed by atoms with Crippen LogP contribution in [0.5, 0.6) is 0 Å². The summed E-state index contributed by atoms with van der Waals surface area (Å²) in [6.07, 6.45) is 2.74. The van der Waals surface area contributed by atoms with Crippen molar-refractivity contribution in [1.82, 2.24) is 19.1 Å². The summed E-state index contributed by atoms with van der Waals surface area (Å²) in [7, 11) is 3.02. The fraction of sp³-hybridized carbons (Fsp3) is 0.538.